The molecule has 154 valence electrons. The standard InChI is InChI=1S/C21H17ClN2O4S2/c1-2-28-20(25)13-24-17-11-10-15(22)12-18(17)29-21(24)23-30(26,27)19-9-5-7-14-6-3-4-8-16(14)19/h3-12H,2,13H2,1H3/b23-21-. The first-order valence-corrected chi connectivity index (χ1v) is 11.8. The van der Waals surface area contributed by atoms with Crippen LogP contribution in [0, 0.1) is 0 Å². The minimum Gasteiger partial charge on any atom is -0.465 e. The third kappa shape index (κ3) is 3.98. The lowest BCUT2D eigenvalue weighted by molar-refractivity contribution is -0.143. The average molecular weight is 461 g/mol. The van der Waals surface area contributed by atoms with Crippen LogP contribution in [0.4, 0.5) is 0 Å². The molecule has 0 atom stereocenters. The first-order valence-electron chi connectivity index (χ1n) is 9.12. The van der Waals surface area contributed by atoms with E-state index < -0.39 is 16.0 Å². The van der Waals surface area contributed by atoms with E-state index in [1.165, 1.54) is 10.6 Å². The van der Waals surface area contributed by atoms with Gasteiger partial charge in [-0.3, -0.25) is 4.79 Å². The zero-order valence-corrected chi connectivity index (χ0v) is 18.3. The number of nitrogens with zero attached hydrogens (tertiary/aromatic N) is 2. The molecule has 1 heterocycles. The van der Waals surface area contributed by atoms with E-state index in [9.17, 15) is 13.2 Å². The van der Waals surface area contributed by atoms with E-state index in [2.05, 4.69) is 4.40 Å². The van der Waals surface area contributed by atoms with Gasteiger partial charge in [0.1, 0.15) is 6.54 Å². The molecule has 4 aromatic rings. The molecular weight excluding hydrogens is 444 g/mol. The highest BCUT2D eigenvalue weighted by Crippen LogP contribution is 2.25. The SMILES string of the molecule is CCOC(=O)Cn1/c(=N/S(=O)(=O)c2cccc3ccccc23)sc2cc(Cl)ccc21. The van der Waals surface area contributed by atoms with E-state index in [0.29, 0.717) is 15.9 Å². The molecule has 0 fully saturated rings. The van der Waals surface area contributed by atoms with Crippen molar-refractivity contribution in [2.45, 2.75) is 18.4 Å². The highest BCUT2D eigenvalue weighted by atomic mass is 35.5. The van der Waals surface area contributed by atoms with Crippen molar-refractivity contribution in [1.82, 2.24) is 4.57 Å². The van der Waals surface area contributed by atoms with Gasteiger partial charge in [0.05, 0.1) is 21.7 Å². The van der Waals surface area contributed by atoms with Gasteiger partial charge in [-0.2, -0.15) is 8.42 Å². The van der Waals surface area contributed by atoms with Crippen LogP contribution in [-0.2, 0) is 26.1 Å². The van der Waals surface area contributed by atoms with Gasteiger partial charge in [0.15, 0.2) is 0 Å². The smallest absolute Gasteiger partial charge is 0.326 e. The quantitative estimate of drug-likeness (QED) is 0.414. The Bertz CT molecular complexity index is 1430. The Balaban J connectivity index is 1.94. The minimum absolute atomic E-state index is 0.110. The third-order valence-corrected chi connectivity index (χ3v) is 7.18. The minimum atomic E-state index is -4.04. The highest BCUT2D eigenvalue weighted by molar-refractivity contribution is 7.90. The monoisotopic (exact) mass is 460 g/mol. The molecule has 1 aromatic heterocycles. The second-order valence-corrected chi connectivity index (χ2v) is 9.45. The van der Waals surface area contributed by atoms with Crippen LogP contribution >= 0.6 is 22.9 Å². The maximum absolute atomic E-state index is 13.2. The molecule has 0 N–H and O–H groups in total. The Kier molecular flexibility index (Phi) is 5.64. The van der Waals surface area contributed by atoms with Crippen molar-refractivity contribution in [2.75, 3.05) is 6.61 Å². The van der Waals surface area contributed by atoms with Crippen LogP contribution in [0.2, 0.25) is 5.02 Å². The number of esters is 1. The fourth-order valence-corrected chi connectivity index (χ4v) is 5.91. The number of sulfonamides is 1. The molecule has 0 saturated heterocycles. The molecule has 0 aliphatic rings. The summed E-state index contributed by atoms with van der Waals surface area (Å²) in [4.78, 5) is 12.4. The van der Waals surface area contributed by atoms with E-state index in [1.807, 2.05) is 18.2 Å². The summed E-state index contributed by atoms with van der Waals surface area (Å²) >= 11 is 7.24. The number of ether oxygens (including phenoxy) is 1. The predicted octanol–water partition coefficient (Wildman–Crippen LogP) is 4.36. The number of fused-ring (bicyclic) bond motifs is 2. The van der Waals surface area contributed by atoms with Gasteiger partial charge in [-0.05, 0) is 36.6 Å². The van der Waals surface area contributed by atoms with Gasteiger partial charge in [-0.1, -0.05) is 59.3 Å². The van der Waals surface area contributed by atoms with Crippen LogP contribution < -0.4 is 4.80 Å². The summed E-state index contributed by atoms with van der Waals surface area (Å²) in [6.07, 6.45) is 0. The van der Waals surface area contributed by atoms with Crippen molar-refractivity contribution < 1.29 is 17.9 Å². The number of carbonyl (C=O) groups is 1. The van der Waals surface area contributed by atoms with Gasteiger partial charge in [0, 0.05) is 10.4 Å². The summed E-state index contributed by atoms with van der Waals surface area (Å²) in [5, 5.41) is 1.90. The highest BCUT2D eigenvalue weighted by Gasteiger charge is 2.19. The van der Waals surface area contributed by atoms with Crippen LogP contribution in [-0.4, -0.2) is 25.6 Å². The van der Waals surface area contributed by atoms with Crippen LogP contribution in [0.5, 0.6) is 0 Å². The zero-order valence-electron chi connectivity index (χ0n) is 15.9. The number of aromatic nitrogens is 1. The molecule has 3 aromatic carbocycles. The second kappa shape index (κ2) is 8.22. The summed E-state index contributed by atoms with van der Waals surface area (Å²) in [6, 6.07) is 17.4. The average Bonchev–Trinajstić information content (AvgIpc) is 3.03. The number of thiazole rings is 1. The van der Waals surface area contributed by atoms with Crippen LogP contribution in [0.25, 0.3) is 21.0 Å². The lowest BCUT2D eigenvalue weighted by Gasteiger charge is -2.06. The van der Waals surface area contributed by atoms with Crippen molar-refractivity contribution in [2.24, 2.45) is 4.40 Å². The maximum Gasteiger partial charge on any atom is 0.326 e. The molecular formula is C21H17ClN2O4S2. The summed E-state index contributed by atoms with van der Waals surface area (Å²) in [5.74, 6) is -0.476. The van der Waals surface area contributed by atoms with E-state index >= 15 is 0 Å². The first kappa shape index (κ1) is 20.6. The Morgan fingerprint density at radius 2 is 1.90 bits per heavy atom. The van der Waals surface area contributed by atoms with Gasteiger partial charge in [0.2, 0.25) is 4.80 Å². The fourth-order valence-electron chi connectivity index (χ4n) is 3.18. The van der Waals surface area contributed by atoms with Gasteiger partial charge < -0.3 is 9.30 Å². The number of benzene rings is 3. The van der Waals surface area contributed by atoms with E-state index in [4.69, 9.17) is 16.3 Å². The predicted molar refractivity (Wildman–Crippen MR) is 118 cm³/mol. The lowest BCUT2D eigenvalue weighted by atomic mass is 10.1. The van der Waals surface area contributed by atoms with Gasteiger partial charge >= 0.3 is 5.97 Å². The summed E-state index contributed by atoms with van der Waals surface area (Å²) in [5.41, 5.74) is 0.657. The van der Waals surface area contributed by atoms with E-state index in [-0.39, 0.29) is 22.8 Å². The Labute approximate surface area is 182 Å². The number of hydrogen-bond acceptors (Lipinski definition) is 5. The Hall–Kier alpha value is -2.68. The Morgan fingerprint density at radius 1 is 1.13 bits per heavy atom. The zero-order chi connectivity index (χ0) is 21.3. The molecule has 9 heteroatoms. The fraction of sp³-hybridized carbons (Fsp3) is 0.143. The molecule has 0 saturated carbocycles. The topological polar surface area (TPSA) is 77.7 Å². The number of carbonyl (C=O) groups excluding carboxylic acids is 1. The molecule has 30 heavy (non-hydrogen) atoms. The molecule has 0 amide bonds. The largest absolute Gasteiger partial charge is 0.465 e. The molecule has 0 aliphatic heterocycles. The van der Waals surface area contributed by atoms with Crippen LogP contribution in [0.15, 0.2) is 70.0 Å². The molecule has 0 aliphatic carbocycles. The number of hydrogen-bond donors (Lipinski definition) is 0. The van der Waals surface area contributed by atoms with E-state index in [1.54, 1.807) is 43.3 Å². The summed E-state index contributed by atoms with van der Waals surface area (Å²) in [6.45, 7) is 1.79. The second-order valence-electron chi connectivity index (χ2n) is 6.43. The molecule has 6 nitrogen and oxygen atoms in total. The third-order valence-electron chi connectivity index (χ3n) is 4.46. The van der Waals surface area contributed by atoms with Crippen molar-refractivity contribution in [3.8, 4) is 0 Å². The molecule has 0 radical (unpaired) electrons. The van der Waals surface area contributed by atoms with Crippen molar-refractivity contribution in [3.63, 3.8) is 0 Å². The van der Waals surface area contributed by atoms with Gasteiger partial charge in [-0.15, -0.1) is 4.40 Å². The lowest BCUT2D eigenvalue weighted by Crippen LogP contribution is -2.23. The van der Waals surface area contributed by atoms with Crippen LogP contribution in [0.1, 0.15) is 6.92 Å². The van der Waals surface area contributed by atoms with Crippen molar-refractivity contribution in [3.05, 3.63) is 70.5 Å². The van der Waals surface area contributed by atoms with Crippen LogP contribution in [0.3, 0.4) is 0 Å². The maximum atomic E-state index is 13.2. The molecule has 0 spiro atoms. The number of rotatable bonds is 5. The van der Waals surface area contributed by atoms with Crippen molar-refractivity contribution in [1.29, 1.82) is 0 Å². The summed E-state index contributed by atoms with van der Waals surface area (Å²) in [7, 11) is -4.04. The summed E-state index contributed by atoms with van der Waals surface area (Å²) < 4.78 is 37.8. The van der Waals surface area contributed by atoms with Gasteiger partial charge in [-0.25, -0.2) is 0 Å². The number of halogens is 1. The van der Waals surface area contributed by atoms with E-state index in [0.717, 1.165) is 21.4 Å². The molecule has 0 bridgehead atoms. The van der Waals surface area contributed by atoms with Crippen molar-refractivity contribution >= 4 is 59.9 Å². The normalized spacial score (nSPS) is 12.5. The Morgan fingerprint density at radius 3 is 2.70 bits per heavy atom. The molecule has 4 rings (SSSR count). The van der Waals surface area contributed by atoms with Gasteiger partial charge in [0.25, 0.3) is 10.0 Å². The first-order chi connectivity index (χ1) is 14.4. The molecule has 0 unspecified atom stereocenters.